The minimum Gasteiger partial charge on any atom is -0.364 e. The molecule has 0 amide bonds. The van der Waals surface area contributed by atoms with Crippen LogP contribution in [-0.2, 0) is 11.9 Å². The van der Waals surface area contributed by atoms with Crippen molar-refractivity contribution in [2.45, 2.75) is 11.9 Å². The molecule has 0 atom stereocenters. The predicted molar refractivity (Wildman–Crippen MR) is 89.9 cm³/mol. The molecular formula is C13H12Br2N2O2S. The Morgan fingerprint density at radius 3 is 2.70 bits per heavy atom. The van der Waals surface area contributed by atoms with Crippen LogP contribution in [0.2, 0.25) is 0 Å². The summed E-state index contributed by atoms with van der Waals surface area (Å²) in [5, 5.41) is 13.8. The molecule has 2 rings (SSSR count). The minimum absolute atomic E-state index is 0.139. The SMILES string of the molecule is CN(Cc1cc(Br)cs1)c1ccc(CBr)cc1[N+](=O)[O-]. The van der Waals surface area contributed by atoms with Gasteiger partial charge in [0.25, 0.3) is 5.69 Å². The lowest BCUT2D eigenvalue weighted by Crippen LogP contribution is -2.17. The number of hydrogen-bond acceptors (Lipinski definition) is 4. The molecule has 0 N–H and O–H groups in total. The van der Waals surface area contributed by atoms with E-state index < -0.39 is 0 Å². The Balaban J connectivity index is 2.28. The standard InChI is InChI=1S/C13H12Br2N2O2S/c1-16(7-11-5-10(15)8-20-11)12-3-2-9(6-14)4-13(12)17(18)19/h2-5,8H,6-7H2,1H3. The number of benzene rings is 1. The number of hydrogen-bond donors (Lipinski definition) is 0. The molecule has 1 aromatic heterocycles. The number of halogens is 2. The van der Waals surface area contributed by atoms with E-state index in [2.05, 4.69) is 31.9 Å². The van der Waals surface area contributed by atoms with Crippen LogP contribution < -0.4 is 4.90 Å². The number of thiophene rings is 1. The van der Waals surface area contributed by atoms with Crippen LogP contribution in [0.4, 0.5) is 11.4 Å². The van der Waals surface area contributed by atoms with Crippen molar-refractivity contribution in [3.05, 3.63) is 54.7 Å². The number of nitro groups is 1. The van der Waals surface area contributed by atoms with Crippen LogP contribution in [0, 0.1) is 10.1 Å². The van der Waals surface area contributed by atoms with Gasteiger partial charge >= 0.3 is 0 Å². The van der Waals surface area contributed by atoms with Crippen LogP contribution in [0.1, 0.15) is 10.4 Å². The summed E-state index contributed by atoms with van der Waals surface area (Å²) < 4.78 is 1.04. The smallest absolute Gasteiger partial charge is 0.292 e. The topological polar surface area (TPSA) is 46.4 Å². The van der Waals surface area contributed by atoms with Crippen molar-refractivity contribution in [2.24, 2.45) is 0 Å². The molecule has 0 unspecified atom stereocenters. The zero-order valence-corrected chi connectivity index (χ0v) is 14.7. The van der Waals surface area contributed by atoms with Gasteiger partial charge < -0.3 is 4.90 Å². The number of rotatable bonds is 5. The first kappa shape index (κ1) is 15.5. The van der Waals surface area contributed by atoms with Gasteiger partial charge in [-0.3, -0.25) is 10.1 Å². The molecule has 0 saturated carbocycles. The second-order valence-electron chi connectivity index (χ2n) is 4.30. The van der Waals surface area contributed by atoms with E-state index in [9.17, 15) is 10.1 Å². The maximum atomic E-state index is 11.2. The van der Waals surface area contributed by atoms with Crippen molar-refractivity contribution in [3.8, 4) is 0 Å². The van der Waals surface area contributed by atoms with Crippen LogP contribution in [0.25, 0.3) is 0 Å². The van der Waals surface area contributed by atoms with Gasteiger partial charge in [0, 0.05) is 33.2 Å². The Bertz CT molecular complexity index is 631. The van der Waals surface area contributed by atoms with Crippen LogP contribution in [-0.4, -0.2) is 12.0 Å². The highest BCUT2D eigenvalue weighted by Crippen LogP contribution is 2.31. The second-order valence-corrected chi connectivity index (χ2v) is 6.77. The van der Waals surface area contributed by atoms with Gasteiger partial charge in [-0.2, -0.15) is 0 Å². The summed E-state index contributed by atoms with van der Waals surface area (Å²) >= 11 is 8.36. The Morgan fingerprint density at radius 1 is 1.40 bits per heavy atom. The monoisotopic (exact) mass is 418 g/mol. The van der Waals surface area contributed by atoms with Crippen molar-refractivity contribution in [1.82, 2.24) is 0 Å². The van der Waals surface area contributed by atoms with Gasteiger partial charge in [0.2, 0.25) is 0 Å². The molecule has 4 nitrogen and oxygen atoms in total. The van der Waals surface area contributed by atoms with Crippen molar-refractivity contribution >= 4 is 54.6 Å². The van der Waals surface area contributed by atoms with E-state index in [1.807, 2.05) is 29.5 Å². The van der Waals surface area contributed by atoms with Gasteiger partial charge in [-0.05, 0) is 33.6 Å². The summed E-state index contributed by atoms with van der Waals surface area (Å²) in [6.45, 7) is 0.644. The highest BCUT2D eigenvalue weighted by Gasteiger charge is 2.18. The fraction of sp³-hybridized carbons (Fsp3) is 0.231. The number of nitrogens with zero attached hydrogens (tertiary/aromatic N) is 2. The van der Waals surface area contributed by atoms with E-state index in [1.54, 1.807) is 23.5 Å². The summed E-state index contributed by atoms with van der Waals surface area (Å²) in [5.41, 5.74) is 1.66. The summed E-state index contributed by atoms with van der Waals surface area (Å²) in [6, 6.07) is 7.35. The third-order valence-corrected chi connectivity index (χ3v) is 5.15. The zero-order valence-electron chi connectivity index (χ0n) is 10.7. The molecule has 0 aliphatic heterocycles. The first-order chi connectivity index (χ1) is 9.51. The maximum Gasteiger partial charge on any atom is 0.292 e. The molecular weight excluding hydrogens is 408 g/mol. The highest BCUT2D eigenvalue weighted by molar-refractivity contribution is 9.10. The van der Waals surface area contributed by atoms with Gasteiger partial charge in [-0.1, -0.05) is 22.0 Å². The number of anilines is 1. The van der Waals surface area contributed by atoms with Gasteiger partial charge in [0.05, 0.1) is 11.5 Å². The van der Waals surface area contributed by atoms with Gasteiger partial charge in [0.1, 0.15) is 5.69 Å². The van der Waals surface area contributed by atoms with E-state index in [1.165, 1.54) is 0 Å². The molecule has 1 aromatic carbocycles. The Kier molecular flexibility index (Phi) is 5.17. The van der Waals surface area contributed by atoms with Crippen molar-refractivity contribution in [3.63, 3.8) is 0 Å². The van der Waals surface area contributed by atoms with Crippen LogP contribution in [0.15, 0.2) is 34.1 Å². The molecule has 0 aliphatic rings. The molecule has 7 heteroatoms. The minimum atomic E-state index is -0.331. The van der Waals surface area contributed by atoms with Gasteiger partial charge in [-0.15, -0.1) is 11.3 Å². The van der Waals surface area contributed by atoms with Crippen LogP contribution in [0.5, 0.6) is 0 Å². The molecule has 20 heavy (non-hydrogen) atoms. The Hall–Kier alpha value is -0.920. The fourth-order valence-corrected chi connectivity index (χ4v) is 3.73. The molecule has 0 aliphatic carbocycles. The molecule has 1 heterocycles. The molecule has 0 fully saturated rings. The third-order valence-electron chi connectivity index (χ3n) is 2.82. The van der Waals surface area contributed by atoms with E-state index in [-0.39, 0.29) is 10.6 Å². The number of nitro benzene ring substituents is 1. The molecule has 0 saturated heterocycles. The molecule has 2 aromatic rings. The summed E-state index contributed by atoms with van der Waals surface area (Å²) in [5.74, 6) is 0. The highest BCUT2D eigenvalue weighted by atomic mass is 79.9. The first-order valence-corrected chi connectivity index (χ1v) is 8.58. The molecule has 0 bridgehead atoms. The summed E-state index contributed by atoms with van der Waals surface area (Å²) in [6.07, 6.45) is 0. The van der Waals surface area contributed by atoms with E-state index in [0.717, 1.165) is 14.9 Å². The lowest BCUT2D eigenvalue weighted by molar-refractivity contribution is -0.384. The fourth-order valence-electron chi connectivity index (χ4n) is 1.88. The summed E-state index contributed by atoms with van der Waals surface area (Å²) in [7, 11) is 1.86. The van der Waals surface area contributed by atoms with E-state index in [4.69, 9.17) is 0 Å². The van der Waals surface area contributed by atoms with E-state index in [0.29, 0.717) is 17.6 Å². The lowest BCUT2D eigenvalue weighted by Gasteiger charge is -2.18. The third kappa shape index (κ3) is 3.59. The van der Waals surface area contributed by atoms with Crippen LogP contribution in [0.3, 0.4) is 0 Å². The van der Waals surface area contributed by atoms with Gasteiger partial charge in [0.15, 0.2) is 0 Å². The molecule has 106 valence electrons. The maximum absolute atomic E-state index is 11.2. The molecule has 0 spiro atoms. The molecule has 0 radical (unpaired) electrons. The van der Waals surface area contributed by atoms with Crippen molar-refractivity contribution < 1.29 is 4.92 Å². The van der Waals surface area contributed by atoms with Crippen LogP contribution >= 0.6 is 43.2 Å². The largest absolute Gasteiger partial charge is 0.364 e. The summed E-state index contributed by atoms with van der Waals surface area (Å²) in [4.78, 5) is 13.9. The average molecular weight is 420 g/mol. The van der Waals surface area contributed by atoms with Crippen molar-refractivity contribution in [1.29, 1.82) is 0 Å². The Morgan fingerprint density at radius 2 is 2.15 bits per heavy atom. The van der Waals surface area contributed by atoms with Gasteiger partial charge in [-0.25, -0.2) is 0 Å². The predicted octanol–water partition coefficient (Wildman–Crippen LogP) is 4.95. The lowest BCUT2D eigenvalue weighted by atomic mass is 10.2. The number of alkyl halides is 1. The Labute approximate surface area is 137 Å². The van der Waals surface area contributed by atoms with Crippen molar-refractivity contribution in [2.75, 3.05) is 11.9 Å². The normalized spacial score (nSPS) is 10.6. The second kappa shape index (κ2) is 6.69. The van der Waals surface area contributed by atoms with E-state index >= 15 is 0 Å². The quantitative estimate of drug-likeness (QED) is 0.391. The zero-order chi connectivity index (χ0) is 14.7. The first-order valence-electron chi connectivity index (χ1n) is 5.78. The average Bonchev–Trinajstić information content (AvgIpc) is 2.83.